The van der Waals surface area contributed by atoms with Crippen LogP contribution in [-0.4, -0.2) is 40.1 Å². The van der Waals surface area contributed by atoms with E-state index in [1.165, 1.54) is 0 Å². The number of carboxylic acid groups (broad SMARTS) is 1. The third kappa shape index (κ3) is 5.00. The van der Waals surface area contributed by atoms with E-state index < -0.39 is 5.97 Å². The van der Waals surface area contributed by atoms with Gasteiger partial charge in [0.05, 0.1) is 12.2 Å². The van der Waals surface area contributed by atoms with E-state index in [2.05, 4.69) is 24.1 Å². The summed E-state index contributed by atoms with van der Waals surface area (Å²) in [4.78, 5) is 29.0. The number of hydrogen-bond donors (Lipinski definition) is 2. The van der Waals surface area contributed by atoms with Gasteiger partial charge in [-0.2, -0.15) is 0 Å². The van der Waals surface area contributed by atoms with Crippen molar-refractivity contribution in [3.63, 3.8) is 0 Å². The fourth-order valence-electron chi connectivity index (χ4n) is 2.04. The Hall–Kier alpha value is -1.63. The first-order chi connectivity index (χ1) is 9.72. The highest BCUT2D eigenvalue weighted by atomic mass is 32.1. The Morgan fingerprint density at radius 1 is 1.38 bits per heavy atom. The van der Waals surface area contributed by atoms with E-state index in [4.69, 9.17) is 5.11 Å². The zero-order valence-electron chi connectivity index (χ0n) is 13.1. The van der Waals surface area contributed by atoms with Crippen molar-refractivity contribution in [1.82, 2.24) is 15.2 Å². The summed E-state index contributed by atoms with van der Waals surface area (Å²) in [5, 5.41) is 12.4. The lowest BCUT2D eigenvalue weighted by Crippen LogP contribution is -2.42. The molecule has 21 heavy (non-hydrogen) atoms. The highest BCUT2D eigenvalue weighted by Gasteiger charge is 2.18. The van der Waals surface area contributed by atoms with Gasteiger partial charge in [0.1, 0.15) is 9.88 Å². The number of aromatic carboxylic acids is 1. The summed E-state index contributed by atoms with van der Waals surface area (Å²) in [7, 11) is 1.76. The number of rotatable bonds is 6. The van der Waals surface area contributed by atoms with Gasteiger partial charge in [-0.05, 0) is 26.2 Å². The molecule has 1 heterocycles. The molecule has 2 N–H and O–H groups in total. The van der Waals surface area contributed by atoms with Gasteiger partial charge in [-0.15, -0.1) is 11.3 Å². The number of carbonyl (C=O) groups excluding carboxylic acids is 1. The van der Waals surface area contributed by atoms with Crippen LogP contribution in [0.2, 0.25) is 0 Å². The number of aryl methyl sites for hydroxylation is 1. The Kier molecular flexibility index (Phi) is 6.14. The van der Waals surface area contributed by atoms with Gasteiger partial charge in [0.15, 0.2) is 0 Å². The van der Waals surface area contributed by atoms with Crippen LogP contribution in [-0.2, 0) is 6.54 Å². The molecular formula is C14H23N3O3S. The van der Waals surface area contributed by atoms with Crippen molar-refractivity contribution in [1.29, 1.82) is 0 Å². The molecule has 1 rings (SSSR count). The zero-order valence-corrected chi connectivity index (χ0v) is 14.0. The molecule has 0 radical (unpaired) electrons. The molecule has 6 nitrogen and oxygen atoms in total. The van der Waals surface area contributed by atoms with E-state index in [-0.39, 0.29) is 23.5 Å². The second-order valence-electron chi connectivity index (χ2n) is 5.58. The molecule has 2 amide bonds. The van der Waals surface area contributed by atoms with Crippen LogP contribution in [0.3, 0.4) is 0 Å². The Morgan fingerprint density at radius 2 is 2.00 bits per heavy atom. The Labute approximate surface area is 129 Å². The molecule has 0 saturated carbocycles. The molecule has 0 aromatic carbocycles. The summed E-state index contributed by atoms with van der Waals surface area (Å²) < 4.78 is 0. The predicted octanol–water partition coefficient (Wildman–Crippen LogP) is 2.73. The summed E-state index contributed by atoms with van der Waals surface area (Å²) >= 11 is 1.10. The van der Waals surface area contributed by atoms with Crippen molar-refractivity contribution < 1.29 is 14.7 Å². The number of carboxylic acids is 1. The van der Waals surface area contributed by atoms with Crippen molar-refractivity contribution in [3.05, 3.63) is 15.6 Å². The zero-order chi connectivity index (χ0) is 16.2. The van der Waals surface area contributed by atoms with Crippen LogP contribution in [0.25, 0.3) is 0 Å². The number of thiazole rings is 1. The number of urea groups is 1. The standard InChI is InChI=1S/C14H23N3O3S/c1-8(2)6-9(3)17(5)14(20)15-7-11-16-10(4)12(21-11)13(18)19/h8-9H,6-7H2,1-5H3,(H,15,20)(H,18,19). The van der Waals surface area contributed by atoms with Gasteiger partial charge < -0.3 is 15.3 Å². The average molecular weight is 313 g/mol. The highest BCUT2D eigenvalue weighted by molar-refractivity contribution is 7.13. The van der Waals surface area contributed by atoms with Crippen LogP contribution in [0, 0.1) is 12.8 Å². The minimum atomic E-state index is -0.981. The van der Waals surface area contributed by atoms with Gasteiger partial charge in [0, 0.05) is 13.1 Å². The molecule has 0 aliphatic rings. The van der Waals surface area contributed by atoms with Crippen LogP contribution >= 0.6 is 11.3 Å². The quantitative estimate of drug-likeness (QED) is 0.846. The normalized spacial score (nSPS) is 12.3. The minimum absolute atomic E-state index is 0.151. The number of carbonyl (C=O) groups is 2. The second kappa shape index (κ2) is 7.40. The third-order valence-electron chi connectivity index (χ3n) is 3.22. The Bertz CT molecular complexity index is 514. The van der Waals surface area contributed by atoms with E-state index >= 15 is 0 Å². The summed E-state index contributed by atoms with van der Waals surface area (Å²) in [6.07, 6.45) is 0.934. The van der Waals surface area contributed by atoms with Crippen LogP contribution in [0.15, 0.2) is 0 Å². The van der Waals surface area contributed by atoms with Gasteiger partial charge >= 0.3 is 12.0 Å². The van der Waals surface area contributed by atoms with Crippen molar-refractivity contribution >= 4 is 23.3 Å². The van der Waals surface area contributed by atoms with Gasteiger partial charge in [-0.3, -0.25) is 0 Å². The number of nitrogens with zero attached hydrogens (tertiary/aromatic N) is 2. The first kappa shape index (κ1) is 17.4. The number of nitrogens with one attached hydrogen (secondary N) is 1. The molecule has 1 aromatic heterocycles. The third-order valence-corrected chi connectivity index (χ3v) is 4.37. The smallest absolute Gasteiger partial charge is 0.347 e. The van der Waals surface area contributed by atoms with Gasteiger partial charge in [0.2, 0.25) is 0 Å². The molecule has 1 atom stereocenters. The lowest BCUT2D eigenvalue weighted by molar-refractivity contribution is 0.0701. The maximum absolute atomic E-state index is 12.0. The van der Waals surface area contributed by atoms with Gasteiger partial charge in [-0.1, -0.05) is 13.8 Å². The molecule has 7 heteroatoms. The van der Waals surface area contributed by atoms with E-state index in [1.807, 2.05) is 6.92 Å². The topological polar surface area (TPSA) is 82.5 Å². The largest absolute Gasteiger partial charge is 0.477 e. The van der Waals surface area contributed by atoms with Crippen LogP contribution in [0.4, 0.5) is 4.79 Å². The summed E-state index contributed by atoms with van der Waals surface area (Å²) in [5.41, 5.74) is 0.485. The van der Waals surface area contributed by atoms with E-state index in [9.17, 15) is 9.59 Å². The van der Waals surface area contributed by atoms with Crippen molar-refractivity contribution in [2.45, 2.75) is 46.7 Å². The lowest BCUT2D eigenvalue weighted by Gasteiger charge is -2.26. The fourth-order valence-corrected chi connectivity index (χ4v) is 2.89. The SMILES string of the molecule is Cc1nc(CNC(=O)N(C)C(C)CC(C)C)sc1C(=O)O. The van der Waals surface area contributed by atoms with Crippen LogP contribution < -0.4 is 5.32 Å². The molecule has 0 aliphatic carbocycles. The second-order valence-corrected chi connectivity index (χ2v) is 6.66. The van der Waals surface area contributed by atoms with Crippen molar-refractivity contribution in [2.24, 2.45) is 5.92 Å². The maximum atomic E-state index is 12.0. The summed E-state index contributed by atoms with van der Waals surface area (Å²) in [5.74, 6) is -0.458. The van der Waals surface area contributed by atoms with Gasteiger partial charge in [0.25, 0.3) is 0 Å². The Balaban J connectivity index is 2.56. The fraction of sp³-hybridized carbons (Fsp3) is 0.643. The minimum Gasteiger partial charge on any atom is -0.477 e. The van der Waals surface area contributed by atoms with Crippen LogP contribution in [0.1, 0.15) is 47.6 Å². The highest BCUT2D eigenvalue weighted by Crippen LogP contribution is 2.18. The summed E-state index contributed by atoms with van der Waals surface area (Å²) in [6, 6.07) is -0.0227. The van der Waals surface area contributed by atoms with Gasteiger partial charge in [-0.25, -0.2) is 14.6 Å². The van der Waals surface area contributed by atoms with E-state index in [1.54, 1.807) is 18.9 Å². The first-order valence-electron chi connectivity index (χ1n) is 6.92. The van der Waals surface area contributed by atoms with Crippen molar-refractivity contribution in [2.75, 3.05) is 7.05 Å². The predicted molar refractivity (Wildman–Crippen MR) is 82.7 cm³/mol. The number of hydrogen-bond acceptors (Lipinski definition) is 4. The molecule has 118 valence electrons. The molecule has 0 saturated heterocycles. The lowest BCUT2D eigenvalue weighted by atomic mass is 10.0. The molecule has 0 aliphatic heterocycles. The molecular weight excluding hydrogens is 290 g/mol. The first-order valence-corrected chi connectivity index (χ1v) is 7.74. The van der Waals surface area contributed by atoms with E-state index in [0.29, 0.717) is 16.6 Å². The summed E-state index contributed by atoms with van der Waals surface area (Å²) in [6.45, 7) is 8.15. The molecule has 1 aromatic rings. The van der Waals surface area contributed by atoms with Crippen LogP contribution in [0.5, 0.6) is 0 Å². The van der Waals surface area contributed by atoms with Crippen molar-refractivity contribution in [3.8, 4) is 0 Å². The molecule has 0 fully saturated rings. The number of amides is 2. The average Bonchev–Trinajstić information content (AvgIpc) is 2.75. The molecule has 1 unspecified atom stereocenters. The molecule has 0 bridgehead atoms. The number of aromatic nitrogens is 1. The van der Waals surface area contributed by atoms with E-state index in [0.717, 1.165) is 17.8 Å². The monoisotopic (exact) mass is 313 g/mol. The molecule has 0 spiro atoms. The Morgan fingerprint density at radius 3 is 2.48 bits per heavy atom. The maximum Gasteiger partial charge on any atom is 0.347 e.